The minimum Gasteiger partial charge on any atom is -0.493 e. The summed E-state index contributed by atoms with van der Waals surface area (Å²) in [7, 11) is 3.30. The minimum absolute atomic E-state index is 0.00633. The van der Waals surface area contributed by atoms with Gasteiger partial charge in [-0.05, 0) is 43.5 Å². The van der Waals surface area contributed by atoms with Crippen LogP contribution in [-0.2, 0) is 24.3 Å². The standard InChI is InChI=1S/C21H29N3O4S/c1-14-15(2)29-21(26)24(14)9-6-20(25)22-7-10-23-8-5-16-11-18(27-3)19(28-4)12-17(16)13-23/h11-12H,5-10,13H2,1-4H3,(H,22,25). The van der Waals surface area contributed by atoms with Crippen LogP contribution in [0.4, 0.5) is 0 Å². The number of nitrogens with zero attached hydrogens (tertiary/aromatic N) is 2. The van der Waals surface area contributed by atoms with Gasteiger partial charge in [0.25, 0.3) is 0 Å². The molecule has 0 radical (unpaired) electrons. The summed E-state index contributed by atoms with van der Waals surface area (Å²) in [4.78, 5) is 27.4. The van der Waals surface area contributed by atoms with Crippen LogP contribution in [0.2, 0.25) is 0 Å². The lowest BCUT2D eigenvalue weighted by molar-refractivity contribution is -0.121. The quantitative estimate of drug-likeness (QED) is 0.710. The lowest BCUT2D eigenvalue weighted by Crippen LogP contribution is -2.38. The molecular weight excluding hydrogens is 390 g/mol. The van der Waals surface area contributed by atoms with E-state index in [0.29, 0.717) is 19.5 Å². The third-order valence-corrected chi connectivity index (χ3v) is 6.48. The molecule has 158 valence electrons. The molecule has 1 aromatic carbocycles. The van der Waals surface area contributed by atoms with Gasteiger partial charge in [-0.1, -0.05) is 11.3 Å². The molecule has 1 aromatic heterocycles. The Morgan fingerprint density at radius 3 is 2.45 bits per heavy atom. The van der Waals surface area contributed by atoms with E-state index in [1.54, 1.807) is 18.8 Å². The number of hydrogen-bond acceptors (Lipinski definition) is 6. The first-order chi connectivity index (χ1) is 13.9. The Bertz CT molecular complexity index is 935. The zero-order valence-electron chi connectivity index (χ0n) is 17.5. The molecule has 0 saturated carbocycles. The smallest absolute Gasteiger partial charge is 0.307 e. The summed E-state index contributed by atoms with van der Waals surface area (Å²) in [6.07, 6.45) is 1.26. The van der Waals surface area contributed by atoms with Gasteiger partial charge in [-0.3, -0.25) is 14.5 Å². The molecule has 2 aromatic rings. The average molecular weight is 420 g/mol. The van der Waals surface area contributed by atoms with Crippen molar-refractivity contribution in [1.29, 1.82) is 0 Å². The molecule has 3 rings (SSSR count). The van der Waals surface area contributed by atoms with Gasteiger partial charge in [0.05, 0.1) is 14.2 Å². The second-order valence-electron chi connectivity index (χ2n) is 7.26. The highest BCUT2D eigenvalue weighted by molar-refractivity contribution is 7.09. The van der Waals surface area contributed by atoms with E-state index in [4.69, 9.17) is 9.47 Å². The second-order valence-corrected chi connectivity index (χ2v) is 8.43. The number of thiazole rings is 1. The lowest BCUT2D eigenvalue weighted by atomic mass is 9.99. The highest BCUT2D eigenvalue weighted by atomic mass is 32.1. The van der Waals surface area contributed by atoms with E-state index in [1.165, 1.54) is 22.5 Å². The molecule has 1 amide bonds. The summed E-state index contributed by atoms with van der Waals surface area (Å²) in [5.41, 5.74) is 3.48. The number of amides is 1. The Morgan fingerprint density at radius 2 is 1.83 bits per heavy atom. The number of fused-ring (bicyclic) bond motifs is 1. The second kappa shape index (κ2) is 9.45. The summed E-state index contributed by atoms with van der Waals surface area (Å²) < 4.78 is 12.5. The first kappa shape index (κ1) is 21.4. The summed E-state index contributed by atoms with van der Waals surface area (Å²) >= 11 is 1.24. The van der Waals surface area contributed by atoms with Crippen molar-refractivity contribution in [1.82, 2.24) is 14.8 Å². The molecule has 0 fully saturated rings. The molecule has 0 spiro atoms. The van der Waals surface area contributed by atoms with Crippen LogP contribution in [0.3, 0.4) is 0 Å². The summed E-state index contributed by atoms with van der Waals surface area (Å²) in [5.74, 6) is 1.49. The lowest BCUT2D eigenvalue weighted by Gasteiger charge is -2.29. The molecule has 0 saturated heterocycles. The van der Waals surface area contributed by atoms with E-state index in [-0.39, 0.29) is 10.8 Å². The Balaban J connectivity index is 1.46. The van der Waals surface area contributed by atoms with Crippen LogP contribution in [-0.4, -0.2) is 49.2 Å². The van der Waals surface area contributed by atoms with Crippen LogP contribution < -0.4 is 19.7 Å². The van der Waals surface area contributed by atoms with Crippen molar-refractivity contribution >= 4 is 17.2 Å². The fourth-order valence-electron chi connectivity index (χ4n) is 3.63. The zero-order valence-corrected chi connectivity index (χ0v) is 18.4. The van der Waals surface area contributed by atoms with Gasteiger partial charge >= 0.3 is 4.87 Å². The SMILES string of the molecule is COc1cc2c(cc1OC)CN(CCNC(=O)CCn1c(C)c(C)sc1=O)CC2. The van der Waals surface area contributed by atoms with Gasteiger partial charge in [0.1, 0.15) is 0 Å². The first-order valence-electron chi connectivity index (χ1n) is 9.82. The van der Waals surface area contributed by atoms with Crippen molar-refractivity contribution in [3.05, 3.63) is 43.5 Å². The Kier molecular flexibility index (Phi) is 6.97. The van der Waals surface area contributed by atoms with Crippen LogP contribution in [0.15, 0.2) is 16.9 Å². The fourth-order valence-corrected chi connectivity index (χ4v) is 4.49. The monoisotopic (exact) mass is 419 g/mol. The Morgan fingerprint density at radius 1 is 1.14 bits per heavy atom. The maximum atomic E-state index is 12.2. The van der Waals surface area contributed by atoms with Crippen LogP contribution in [0.25, 0.3) is 0 Å². The summed E-state index contributed by atoms with van der Waals surface area (Å²) in [6.45, 7) is 7.44. The summed E-state index contributed by atoms with van der Waals surface area (Å²) in [5, 5.41) is 2.97. The van der Waals surface area contributed by atoms with E-state index in [2.05, 4.69) is 16.3 Å². The van der Waals surface area contributed by atoms with Gasteiger partial charge in [0, 0.05) is 49.7 Å². The van der Waals surface area contributed by atoms with Crippen molar-refractivity contribution in [2.24, 2.45) is 0 Å². The minimum atomic E-state index is -0.0241. The number of nitrogens with one attached hydrogen (secondary N) is 1. The molecule has 8 heteroatoms. The molecule has 1 aliphatic rings. The molecule has 0 aliphatic carbocycles. The molecule has 1 N–H and O–H groups in total. The number of methoxy groups -OCH3 is 2. The van der Waals surface area contributed by atoms with Crippen molar-refractivity contribution < 1.29 is 14.3 Å². The van der Waals surface area contributed by atoms with Crippen LogP contribution in [0, 0.1) is 13.8 Å². The van der Waals surface area contributed by atoms with E-state index >= 15 is 0 Å². The van der Waals surface area contributed by atoms with E-state index in [1.807, 2.05) is 19.9 Å². The average Bonchev–Trinajstić information content (AvgIpc) is 2.96. The largest absolute Gasteiger partial charge is 0.493 e. The van der Waals surface area contributed by atoms with Crippen molar-refractivity contribution in [3.63, 3.8) is 0 Å². The number of carbonyl (C=O) groups is 1. The van der Waals surface area contributed by atoms with Gasteiger partial charge in [-0.25, -0.2) is 0 Å². The predicted octanol–water partition coefficient (Wildman–Crippen LogP) is 2.11. The number of carbonyl (C=O) groups excluding carboxylic acids is 1. The molecule has 29 heavy (non-hydrogen) atoms. The fraction of sp³-hybridized carbons (Fsp3) is 0.524. The number of benzene rings is 1. The molecule has 0 atom stereocenters. The van der Waals surface area contributed by atoms with Gasteiger partial charge in [-0.15, -0.1) is 0 Å². The van der Waals surface area contributed by atoms with Crippen molar-refractivity contribution in [2.75, 3.05) is 33.9 Å². The zero-order chi connectivity index (χ0) is 21.0. The Labute approximate surface area is 175 Å². The van der Waals surface area contributed by atoms with Gasteiger partial charge in [0.2, 0.25) is 5.91 Å². The third-order valence-electron chi connectivity index (χ3n) is 5.48. The van der Waals surface area contributed by atoms with E-state index in [0.717, 1.165) is 48.1 Å². The van der Waals surface area contributed by atoms with Crippen LogP contribution in [0.5, 0.6) is 11.5 Å². The maximum absolute atomic E-state index is 12.2. The molecular formula is C21H29N3O4S. The number of aromatic nitrogens is 1. The van der Waals surface area contributed by atoms with E-state index in [9.17, 15) is 9.59 Å². The van der Waals surface area contributed by atoms with Gasteiger partial charge < -0.3 is 19.4 Å². The third kappa shape index (κ3) is 5.00. The molecule has 7 nitrogen and oxygen atoms in total. The molecule has 1 aliphatic heterocycles. The molecule has 0 unspecified atom stereocenters. The number of rotatable bonds is 8. The highest BCUT2D eigenvalue weighted by Gasteiger charge is 2.19. The topological polar surface area (TPSA) is 72.8 Å². The van der Waals surface area contributed by atoms with Crippen LogP contribution in [0.1, 0.15) is 28.1 Å². The number of aryl methyl sites for hydroxylation is 1. The summed E-state index contributed by atoms with van der Waals surface area (Å²) in [6, 6.07) is 4.10. The number of hydrogen-bond donors (Lipinski definition) is 1. The molecule has 2 heterocycles. The van der Waals surface area contributed by atoms with Gasteiger partial charge in [-0.2, -0.15) is 0 Å². The normalized spacial score (nSPS) is 13.8. The predicted molar refractivity (Wildman–Crippen MR) is 114 cm³/mol. The maximum Gasteiger partial charge on any atom is 0.307 e. The van der Waals surface area contributed by atoms with Crippen molar-refractivity contribution in [2.45, 2.75) is 39.8 Å². The Hall–Kier alpha value is -2.32. The number of ether oxygens (including phenoxy) is 2. The highest BCUT2D eigenvalue weighted by Crippen LogP contribution is 2.33. The van der Waals surface area contributed by atoms with E-state index < -0.39 is 0 Å². The molecule has 0 bridgehead atoms. The first-order valence-corrected chi connectivity index (χ1v) is 10.6. The van der Waals surface area contributed by atoms with Crippen LogP contribution >= 0.6 is 11.3 Å². The van der Waals surface area contributed by atoms with Gasteiger partial charge in [0.15, 0.2) is 11.5 Å². The van der Waals surface area contributed by atoms with Crippen molar-refractivity contribution in [3.8, 4) is 11.5 Å².